The fraction of sp³-hybridized carbons (Fsp3) is 0.235. The zero-order valence-corrected chi connectivity index (χ0v) is 14.4. The lowest BCUT2D eigenvalue weighted by Gasteiger charge is -2.16. The predicted octanol–water partition coefficient (Wildman–Crippen LogP) is 2.96. The van der Waals surface area contributed by atoms with E-state index in [4.69, 9.17) is 0 Å². The molecule has 2 aromatic carbocycles. The summed E-state index contributed by atoms with van der Waals surface area (Å²) in [4.78, 5) is 2.25. The fourth-order valence-corrected chi connectivity index (χ4v) is 4.13. The molecular formula is C17H19N3O2S. The Bertz CT molecular complexity index is 988. The second kappa shape index (κ2) is 5.38. The van der Waals surface area contributed by atoms with Crippen LogP contribution >= 0.6 is 0 Å². The summed E-state index contributed by atoms with van der Waals surface area (Å²) in [7, 11) is 0.254. The molecular weight excluding hydrogens is 310 g/mol. The minimum Gasteiger partial charge on any atom is -0.377 e. The van der Waals surface area contributed by atoms with Crippen LogP contribution in [0, 0.1) is 13.8 Å². The van der Waals surface area contributed by atoms with Crippen LogP contribution < -0.4 is 4.90 Å². The molecule has 0 fully saturated rings. The van der Waals surface area contributed by atoms with Gasteiger partial charge in [-0.2, -0.15) is 17.6 Å². The second-order valence-corrected chi connectivity index (χ2v) is 7.60. The van der Waals surface area contributed by atoms with Crippen molar-refractivity contribution in [2.24, 2.45) is 0 Å². The van der Waals surface area contributed by atoms with Crippen molar-refractivity contribution < 1.29 is 8.42 Å². The number of fused-ring (bicyclic) bond motifs is 1. The molecule has 1 heterocycles. The lowest BCUT2D eigenvalue weighted by Crippen LogP contribution is -2.16. The molecule has 0 radical (unpaired) electrons. The average Bonchev–Trinajstić information content (AvgIpc) is 2.85. The summed E-state index contributed by atoms with van der Waals surface area (Å²) in [6, 6.07) is 12.8. The molecule has 1 aromatic heterocycles. The van der Waals surface area contributed by atoms with Gasteiger partial charge in [0.15, 0.2) is 0 Å². The normalized spacial score (nSPS) is 11.8. The zero-order valence-electron chi connectivity index (χ0n) is 13.6. The Morgan fingerprint density at radius 2 is 1.78 bits per heavy atom. The van der Waals surface area contributed by atoms with Crippen molar-refractivity contribution in [3.8, 4) is 0 Å². The maximum absolute atomic E-state index is 12.8. The molecule has 0 saturated heterocycles. The summed E-state index contributed by atoms with van der Waals surface area (Å²) in [5, 5.41) is 6.01. The van der Waals surface area contributed by atoms with Gasteiger partial charge in [0.1, 0.15) is 0 Å². The first kappa shape index (κ1) is 15.6. The van der Waals surface area contributed by atoms with E-state index in [-0.39, 0.29) is 4.90 Å². The van der Waals surface area contributed by atoms with Crippen molar-refractivity contribution in [3.63, 3.8) is 0 Å². The second-order valence-electron chi connectivity index (χ2n) is 5.83. The van der Waals surface area contributed by atoms with Crippen LogP contribution in [0.15, 0.2) is 47.4 Å². The lowest BCUT2D eigenvalue weighted by atomic mass is 10.1. The highest BCUT2D eigenvalue weighted by molar-refractivity contribution is 7.89. The number of anilines is 1. The van der Waals surface area contributed by atoms with Gasteiger partial charge in [-0.3, -0.25) is 0 Å². The van der Waals surface area contributed by atoms with Crippen LogP contribution in [0.5, 0.6) is 0 Å². The molecule has 6 heteroatoms. The van der Waals surface area contributed by atoms with Crippen molar-refractivity contribution >= 4 is 26.5 Å². The van der Waals surface area contributed by atoms with E-state index in [1.54, 1.807) is 32.0 Å². The number of aryl methyl sites for hydroxylation is 2. The first-order chi connectivity index (χ1) is 10.8. The summed E-state index contributed by atoms with van der Waals surface area (Å²) in [5.41, 5.74) is 2.34. The zero-order chi connectivity index (χ0) is 16.8. The number of nitrogens with zero attached hydrogens (tertiary/aromatic N) is 3. The van der Waals surface area contributed by atoms with Gasteiger partial charge < -0.3 is 4.90 Å². The molecule has 0 bridgehead atoms. The molecule has 0 N–H and O–H groups in total. The Kier molecular flexibility index (Phi) is 3.64. The molecule has 3 aromatic rings. The molecule has 0 unspecified atom stereocenters. The molecule has 0 aliphatic carbocycles. The first-order valence-electron chi connectivity index (χ1n) is 7.29. The van der Waals surface area contributed by atoms with Gasteiger partial charge in [0.05, 0.1) is 16.3 Å². The molecule has 0 atom stereocenters. The van der Waals surface area contributed by atoms with Crippen LogP contribution in [0.2, 0.25) is 0 Å². The number of hydrogen-bond acceptors (Lipinski definition) is 4. The van der Waals surface area contributed by atoms with E-state index in [1.807, 2.05) is 43.3 Å². The first-order valence-corrected chi connectivity index (χ1v) is 8.73. The minimum atomic E-state index is -3.68. The number of aromatic nitrogens is 2. The highest BCUT2D eigenvalue weighted by atomic mass is 32.2. The largest absolute Gasteiger partial charge is 0.377 e. The molecule has 0 saturated carbocycles. The lowest BCUT2D eigenvalue weighted by molar-refractivity contribution is 0.578. The van der Waals surface area contributed by atoms with Gasteiger partial charge in [-0.15, -0.1) is 0 Å². The number of benzene rings is 2. The van der Waals surface area contributed by atoms with Gasteiger partial charge in [0, 0.05) is 25.2 Å². The molecule has 0 aliphatic heterocycles. The van der Waals surface area contributed by atoms with Crippen LogP contribution in [0.25, 0.3) is 10.8 Å². The Hall–Kier alpha value is -2.34. The molecule has 120 valence electrons. The van der Waals surface area contributed by atoms with E-state index >= 15 is 0 Å². The highest BCUT2D eigenvalue weighted by Gasteiger charge is 2.21. The summed E-state index contributed by atoms with van der Waals surface area (Å²) < 4.78 is 26.7. The van der Waals surface area contributed by atoms with E-state index < -0.39 is 10.0 Å². The third-order valence-electron chi connectivity index (χ3n) is 3.80. The quantitative estimate of drug-likeness (QED) is 0.741. The van der Waals surface area contributed by atoms with E-state index in [0.29, 0.717) is 11.4 Å². The predicted molar refractivity (Wildman–Crippen MR) is 92.6 cm³/mol. The third-order valence-corrected chi connectivity index (χ3v) is 5.48. The van der Waals surface area contributed by atoms with Gasteiger partial charge >= 0.3 is 0 Å². The van der Waals surface area contributed by atoms with Crippen LogP contribution in [-0.4, -0.2) is 31.7 Å². The molecule has 5 nitrogen and oxygen atoms in total. The summed E-state index contributed by atoms with van der Waals surface area (Å²) in [5.74, 6) is 0. The number of hydrogen-bond donors (Lipinski definition) is 0. The van der Waals surface area contributed by atoms with E-state index in [9.17, 15) is 8.42 Å². The van der Waals surface area contributed by atoms with Crippen molar-refractivity contribution in [3.05, 3.63) is 53.9 Å². The van der Waals surface area contributed by atoms with Crippen molar-refractivity contribution in [1.82, 2.24) is 9.19 Å². The Morgan fingerprint density at radius 3 is 2.39 bits per heavy atom. The topological polar surface area (TPSA) is 55.2 Å². The van der Waals surface area contributed by atoms with Gasteiger partial charge in [-0.25, -0.2) is 0 Å². The average molecular weight is 329 g/mol. The smallest absolute Gasteiger partial charge is 0.283 e. The van der Waals surface area contributed by atoms with E-state index in [0.717, 1.165) is 20.5 Å². The summed E-state index contributed by atoms with van der Waals surface area (Å²) >= 11 is 0. The monoisotopic (exact) mass is 329 g/mol. The Labute approximate surface area is 136 Å². The van der Waals surface area contributed by atoms with E-state index in [1.165, 1.54) is 0 Å². The maximum Gasteiger partial charge on any atom is 0.283 e. The molecule has 23 heavy (non-hydrogen) atoms. The molecule has 0 aliphatic rings. The van der Waals surface area contributed by atoms with Gasteiger partial charge in [-0.05, 0) is 43.5 Å². The van der Waals surface area contributed by atoms with Crippen molar-refractivity contribution in [1.29, 1.82) is 0 Å². The van der Waals surface area contributed by atoms with Gasteiger partial charge in [0.2, 0.25) is 0 Å². The standard InChI is InChI=1S/C17H19N3O2S/c1-12-10-13(2)20(18-12)23(21,22)15-8-9-16-14(11-15)6-5-7-17(16)19(3)4/h5-11H,1-4H3. The Morgan fingerprint density at radius 1 is 1.04 bits per heavy atom. The van der Waals surface area contributed by atoms with Gasteiger partial charge in [-0.1, -0.05) is 18.2 Å². The van der Waals surface area contributed by atoms with Crippen LogP contribution in [0.1, 0.15) is 11.4 Å². The molecule has 0 amide bonds. The number of rotatable bonds is 3. The highest BCUT2D eigenvalue weighted by Crippen LogP contribution is 2.28. The minimum absolute atomic E-state index is 0.243. The fourth-order valence-electron chi connectivity index (χ4n) is 2.75. The summed E-state index contributed by atoms with van der Waals surface area (Å²) in [6.45, 7) is 3.52. The Balaban J connectivity index is 2.19. The SMILES string of the molecule is Cc1cc(C)n(S(=O)(=O)c2ccc3c(N(C)C)cccc3c2)n1. The van der Waals surface area contributed by atoms with Gasteiger partial charge in [0.25, 0.3) is 10.0 Å². The van der Waals surface area contributed by atoms with Crippen molar-refractivity contribution in [2.45, 2.75) is 18.7 Å². The maximum atomic E-state index is 12.8. The third kappa shape index (κ3) is 2.59. The van der Waals surface area contributed by atoms with Crippen LogP contribution in [0.3, 0.4) is 0 Å². The summed E-state index contributed by atoms with van der Waals surface area (Å²) in [6.07, 6.45) is 0. The van der Waals surface area contributed by atoms with Crippen LogP contribution in [-0.2, 0) is 10.0 Å². The molecule has 0 spiro atoms. The van der Waals surface area contributed by atoms with Crippen LogP contribution in [0.4, 0.5) is 5.69 Å². The van der Waals surface area contributed by atoms with Crippen molar-refractivity contribution in [2.75, 3.05) is 19.0 Å². The van der Waals surface area contributed by atoms with E-state index in [2.05, 4.69) is 5.10 Å². The molecule has 3 rings (SSSR count).